The van der Waals surface area contributed by atoms with Crippen LogP contribution in [0.4, 0.5) is 0 Å². The third-order valence-electron chi connectivity index (χ3n) is 3.88. The number of hydrogen-bond acceptors (Lipinski definition) is 2. The van der Waals surface area contributed by atoms with Gasteiger partial charge in [-0.1, -0.05) is 37.3 Å². The van der Waals surface area contributed by atoms with E-state index in [1.807, 2.05) is 13.0 Å². The van der Waals surface area contributed by atoms with E-state index in [-0.39, 0.29) is 5.92 Å². The Hall–Kier alpha value is -1.15. The van der Waals surface area contributed by atoms with E-state index in [4.69, 9.17) is 0 Å². The molecule has 1 aliphatic rings. The molecule has 1 fully saturated rings. The van der Waals surface area contributed by atoms with Crippen molar-refractivity contribution in [1.29, 1.82) is 0 Å². The van der Waals surface area contributed by atoms with Crippen LogP contribution in [-0.4, -0.2) is 23.3 Å². The fourth-order valence-corrected chi connectivity index (χ4v) is 2.67. The molecule has 0 aliphatic carbocycles. The van der Waals surface area contributed by atoms with Gasteiger partial charge < -0.3 is 0 Å². The predicted molar refractivity (Wildman–Crippen MR) is 69.8 cm³/mol. The van der Waals surface area contributed by atoms with Crippen molar-refractivity contribution in [2.24, 2.45) is 5.92 Å². The van der Waals surface area contributed by atoms with Crippen LogP contribution in [0.1, 0.15) is 38.8 Å². The van der Waals surface area contributed by atoms with Gasteiger partial charge in [-0.15, -0.1) is 0 Å². The number of rotatable bonds is 2. The number of Topliss-reactive ketones (excluding diaryl/α,β-unsaturated/α-hetero) is 1. The van der Waals surface area contributed by atoms with Gasteiger partial charge in [0.15, 0.2) is 0 Å². The molecule has 0 N–H and O–H groups in total. The predicted octanol–water partition coefficient (Wildman–Crippen LogP) is 3.05. The Bertz CT molecular complexity index is 387. The molecule has 0 amide bonds. The van der Waals surface area contributed by atoms with E-state index in [1.165, 1.54) is 5.56 Å². The van der Waals surface area contributed by atoms with Gasteiger partial charge >= 0.3 is 0 Å². The van der Waals surface area contributed by atoms with Crippen LogP contribution in [0.3, 0.4) is 0 Å². The molecule has 0 saturated carbocycles. The Morgan fingerprint density at radius 2 is 1.88 bits per heavy atom. The SMILES string of the molecule is C[C@@H]1CC(=O)[C@@H](C)CN1[C@@H](C)c1ccccc1. The lowest BCUT2D eigenvalue weighted by Crippen LogP contribution is -2.46. The normalized spacial score (nSPS) is 28.1. The number of nitrogens with zero attached hydrogens (tertiary/aromatic N) is 1. The van der Waals surface area contributed by atoms with Crippen molar-refractivity contribution in [1.82, 2.24) is 4.90 Å². The Balaban J connectivity index is 2.14. The van der Waals surface area contributed by atoms with Crippen LogP contribution in [0, 0.1) is 5.92 Å². The number of carbonyl (C=O) groups is 1. The highest BCUT2D eigenvalue weighted by Crippen LogP contribution is 2.28. The summed E-state index contributed by atoms with van der Waals surface area (Å²) in [7, 11) is 0. The van der Waals surface area contributed by atoms with Crippen molar-refractivity contribution in [2.45, 2.75) is 39.3 Å². The highest BCUT2D eigenvalue weighted by Gasteiger charge is 2.32. The van der Waals surface area contributed by atoms with Crippen molar-refractivity contribution in [3.05, 3.63) is 35.9 Å². The lowest BCUT2D eigenvalue weighted by molar-refractivity contribution is -0.128. The molecule has 1 aromatic rings. The summed E-state index contributed by atoms with van der Waals surface area (Å²) in [6.07, 6.45) is 0.693. The molecule has 1 aromatic carbocycles. The van der Waals surface area contributed by atoms with E-state index in [1.54, 1.807) is 0 Å². The summed E-state index contributed by atoms with van der Waals surface area (Å²) in [6, 6.07) is 11.3. The van der Waals surface area contributed by atoms with Gasteiger partial charge in [-0.3, -0.25) is 9.69 Å². The smallest absolute Gasteiger partial charge is 0.138 e. The lowest BCUT2D eigenvalue weighted by atomic mass is 9.91. The fraction of sp³-hybridized carbons (Fsp3) is 0.533. The number of hydrogen-bond donors (Lipinski definition) is 0. The molecule has 17 heavy (non-hydrogen) atoms. The fourth-order valence-electron chi connectivity index (χ4n) is 2.67. The van der Waals surface area contributed by atoms with Crippen molar-refractivity contribution in [3.8, 4) is 0 Å². The minimum Gasteiger partial charge on any atom is -0.299 e. The van der Waals surface area contributed by atoms with Crippen LogP contribution >= 0.6 is 0 Å². The van der Waals surface area contributed by atoms with Gasteiger partial charge in [-0.05, 0) is 19.4 Å². The van der Waals surface area contributed by atoms with Gasteiger partial charge in [0.05, 0.1) is 0 Å². The summed E-state index contributed by atoms with van der Waals surface area (Å²) in [5.74, 6) is 0.589. The van der Waals surface area contributed by atoms with Crippen molar-refractivity contribution in [3.63, 3.8) is 0 Å². The van der Waals surface area contributed by atoms with Gasteiger partial charge in [0, 0.05) is 31.0 Å². The van der Waals surface area contributed by atoms with Gasteiger partial charge in [0.1, 0.15) is 5.78 Å². The summed E-state index contributed by atoms with van der Waals surface area (Å²) in [5.41, 5.74) is 1.33. The van der Waals surface area contributed by atoms with Crippen molar-refractivity contribution >= 4 is 5.78 Å². The maximum Gasteiger partial charge on any atom is 0.138 e. The van der Waals surface area contributed by atoms with Crippen LogP contribution in [0.5, 0.6) is 0 Å². The van der Waals surface area contributed by atoms with E-state index in [2.05, 4.69) is 43.0 Å². The largest absolute Gasteiger partial charge is 0.299 e. The number of piperidine rings is 1. The average molecular weight is 231 g/mol. The van der Waals surface area contributed by atoms with E-state index in [9.17, 15) is 4.79 Å². The first-order valence-electron chi connectivity index (χ1n) is 6.43. The standard InChI is InChI=1S/C15H21NO/c1-11-10-16(12(2)9-15(11)17)13(3)14-7-5-4-6-8-14/h4-8,11-13H,9-10H2,1-3H3/t11-,12+,13-/m0/s1. The second-order valence-electron chi connectivity index (χ2n) is 5.20. The zero-order valence-electron chi connectivity index (χ0n) is 10.9. The minimum absolute atomic E-state index is 0.178. The molecule has 1 saturated heterocycles. The first-order valence-corrected chi connectivity index (χ1v) is 6.43. The van der Waals surface area contributed by atoms with Crippen LogP contribution < -0.4 is 0 Å². The Morgan fingerprint density at radius 1 is 1.24 bits per heavy atom. The summed E-state index contributed by atoms with van der Waals surface area (Å²) in [4.78, 5) is 14.1. The Labute approximate surface area is 104 Å². The van der Waals surface area contributed by atoms with Gasteiger partial charge in [0.2, 0.25) is 0 Å². The zero-order chi connectivity index (χ0) is 12.4. The van der Waals surface area contributed by atoms with Crippen molar-refractivity contribution in [2.75, 3.05) is 6.54 Å². The second kappa shape index (κ2) is 5.01. The lowest BCUT2D eigenvalue weighted by Gasteiger charge is -2.40. The summed E-state index contributed by atoms with van der Waals surface area (Å²) < 4.78 is 0. The minimum atomic E-state index is 0.178. The maximum atomic E-state index is 11.7. The second-order valence-corrected chi connectivity index (χ2v) is 5.20. The van der Waals surface area contributed by atoms with E-state index in [0.717, 1.165) is 6.54 Å². The molecule has 2 nitrogen and oxygen atoms in total. The third kappa shape index (κ3) is 2.58. The summed E-state index contributed by atoms with van der Waals surface area (Å²) in [5, 5.41) is 0. The molecule has 1 heterocycles. The molecule has 2 heteroatoms. The quantitative estimate of drug-likeness (QED) is 0.779. The summed E-state index contributed by atoms with van der Waals surface area (Å²) in [6.45, 7) is 7.31. The molecule has 0 bridgehead atoms. The summed E-state index contributed by atoms with van der Waals surface area (Å²) >= 11 is 0. The van der Waals surface area contributed by atoms with Gasteiger partial charge in [0.25, 0.3) is 0 Å². The van der Waals surface area contributed by atoms with E-state index in [0.29, 0.717) is 24.3 Å². The molecule has 92 valence electrons. The first-order chi connectivity index (χ1) is 8.09. The van der Waals surface area contributed by atoms with Crippen molar-refractivity contribution < 1.29 is 4.79 Å². The number of benzene rings is 1. The molecular weight excluding hydrogens is 210 g/mol. The molecular formula is C15H21NO. The molecule has 2 rings (SSSR count). The van der Waals surface area contributed by atoms with Gasteiger partial charge in [-0.2, -0.15) is 0 Å². The monoisotopic (exact) mass is 231 g/mol. The highest BCUT2D eigenvalue weighted by molar-refractivity contribution is 5.82. The van der Waals surface area contributed by atoms with Gasteiger partial charge in [-0.25, -0.2) is 0 Å². The van der Waals surface area contributed by atoms with Crippen LogP contribution in [-0.2, 0) is 4.79 Å². The molecule has 0 spiro atoms. The molecule has 0 aromatic heterocycles. The first kappa shape index (κ1) is 12.3. The topological polar surface area (TPSA) is 20.3 Å². The van der Waals surface area contributed by atoms with E-state index < -0.39 is 0 Å². The van der Waals surface area contributed by atoms with Crippen LogP contribution in [0.2, 0.25) is 0 Å². The molecule has 1 aliphatic heterocycles. The molecule has 3 atom stereocenters. The Morgan fingerprint density at radius 3 is 2.53 bits per heavy atom. The van der Waals surface area contributed by atoms with E-state index >= 15 is 0 Å². The third-order valence-corrected chi connectivity index (χ3v) is 3.88. The highest BCUT2D eigenvalue weighted by atomic mass is 16.1. The Kier molecular flexibility index (Phi) is 3.63. The average Bonchev–Trinajstić information content (AvgIpc) is 2.34. The van der Waals surface area contributed by atoms with Crippen LogP contribution in [0.25, 0.3) is 0 Å². The molecule has 0 unspecified atom stereocenters. The maximum absolute atomic E-state index is 11.7. The number of likely N-dealkylation sites (tertiary alicyclic amines) is 1. The number of carbonyl (C=O) groups excluding carboxylic acids is 1. The number of ketones is 1. The van der Waals surface area contributed by atoms with Crippen LogP contribution in [0.15, 0.2) is 30.3 Å². The zero-order valence-corrected chi connectivity index (χ0v) is 10.9. The molecule has 0 radical (unpaired) electrons.